The summed E-state index contributed by atoms with van der Waals surface area (Å²) in [4.78, 5) is 10.8. The lowest BCUT2D eigenvalue weighted by Gasteiger charge is -2.23. The quantitative estimate of drug-likeness (QED) is 0.769. The van der Waals surface area contributed by atoms with Gasteiger partial charge in [0.25, 0.3) is 0 Å². The van der Waals surface area contributed by atoms with E-state index in [1.807, 2.05) is 42.5 Å². The third-order valence-electron chi connectivity index (χ3n) is 4.12. The Morgan fingerprint density at radius 1 is 1.00 bits per heavy atom. The van der Waals surface area contributed by atoms with E-state index in [9.17, 15) is 0 Å². The Labute approximate surface area is 145 Å². The van der Waals surface area contributed by atoms with Gasteiger partial charge in [-0.25, -0.2) is 4.98 Å². The number of anilines is 2. The summed E-state index contributed by atoms with van der Waals surface area (Å²) in [5, 5.41) is 5.03. The maximum Gasteiger partial charge on any atom is 0.238 e. The van der Waals surface area contributed by atoms with Gasteiger partial charge in [0.05, 0.1) is 24.1 Å². The van der Waals surface area contributed by atoms with E-state index in [-0.39, 0.29) is 0 Å². The van der Waals surface area contributed by atoms with Gasteiger partial charge in [-0.1, -0.05) is 29.8 Å². The molecule has 2 aromatic carbocycles. The fourth-order valence-electron chi connectivity index (χ4n) is 2.95. The van der Waals surface area contributed by atoms with Crippen LogP contribution in [0.4, 0.5) is 17.5 Å². The second-order valence-electron chi connectivity index (χ2n) is 5.76. The number of rotatable bonds is 3. The molecular formula is C18H18ClN4O+. The van der Waals surface area contributed by atoms with Crippen LogP contribution >= 0.6 is 11.6 Å². The number of ether oxygens (including phenoxy) is 1. The second kappa shape index (κ2) is 6.73. The second-order valence-corrected chi connectivity index (χ2v) is 6.20. The minimum atomic E-state index is 0.588. The lowest BCUT2D eigenvalue weighted by Crippen LogP contribution is -3.09. The molecule has 1 saturated heterocycles. The van der Waals surface area contributed by atoms with Crippen molar-refractivity contribution < 1.29 is 9.64 Å². The van der Waals surface area contributed by atoms with E-state index in [4.69, 9.17) is 21.3 Å². The number of nitrogens with one attached hydrogen (secondary N) is 2. The standard InChI is InChI=1S/C18H17ClN4O/c19-13-4-3-5-14(12-13)20-18-21-16-7-2-1-6-15(16)17(22-18)23-8-10-24-11-9-23/h1-7,12H,8-11H2,(H,20,21,22)/p+1. The third kappa shape index (κ3) is 3.19. The first-order valence-electron chi connectivity index (χ1n) is 8.02. The van der Waals surface area contributed by atoms with Crippen LogP contribution in [0, 0.1) is 0 Å². The van der Waals surface area contributed by atoms with Crippen molar-refractivity contribution in [1.82, 2.24) is 9.97 Å². The van der Waals surface area contributed by atoms with E-state index in [2.05, 4.69) is 16.4 Å². The Morgan fingerprint density at radius 2 is 1.83 bits per heavy atom. The van der Waals surface area contributed by atoms with Crippen molar-refractivity contribution in [2.45, 2.75) is 0 Å². The van der Waals surface area contributed by atoms with Crippen LogP contribution < -0.4 is 10.2 Å². The Balaban J connectivity index is 1.76. The monoisotopic (exact) mass is 341 g/mol. The average Bonchev–Trinajstić information content (AvgIpc) is 2.62. The number of benzene rings is 2. The van der Waals surface area contributed by atoms with E-state index in [0.717, 1.165) is 48.7 Å². The molecule has 0 amide bonds. The number of fused-ring (bicyclic) bond motifs is 1. The van der Waals surface area contributed by atoms with E-state index < -0.39 is 0 Å². The summed E-state index contributed by atoms with van der Waals surface area (Å²) >= 11 is 6.06. The van der Waals surface area contributed by atoms with Crippen molar-refractivity contribution in [2.24, 2.45) is 0 Å². The van der Waals surface area contributed by atoms with Crippen LogP contribution in [-0.4, -0.2) is 36.3 Å². The molecule has 6 heteroatoms. The molecule has 0 aliphatic carbocycles. The molecule has 4 rings (SSSR count). The number of quaternary nitrogens is 1. The molecule has 0 bridgehead atoms. The molecule has 1 aromatic heterocycles. The van der Waals surface area contributed by atoms with Crippen LogP contribution in [0.1, 0.15) is 0 Å². The van der Waals surface area contributed by atoms with Gasteiger partial charge in [0.15, 0.2) is 0 Å². The predicted octanol–water partition coefficient (Wildman–Crippen LogP) is 2.57. The normalized spacial score (nSPS) is 15.5. The maximum absolute atomic E-state index is 6.06. The summed E-state index contributed by atoms with van der Waals surface area (Å²) in [7, 11) is 0. The van der Waals surface area contributed by atoms with Crippen LogP contribution in [0.5, 0.6) is 0 Å². The molecule has 24 heavy (non-hydrogen) atoms. The van der Waals surface area contributed by atoms with Crippen LogP contribution in [0.2, 0.25) is 5.02 Å². The number of nitrogens with zero attached hydrogens (tertiary/aromatic N) is 2. The van der Waals surface area contributed by atoms with Crippen LogP contribution in [0.25, 0.3) is 10.9 Å². The van der Waals surface area contributed by atoms with Gasteiger partial charge in [0.2, 0.25) is 11.8 Å². The summed E-state index contributed by atoms with van der Waals surface area (Å²) in [6.07, 6.45) is 0. The van der Waals surface area contributed by atoms with Crippen molar-refractivity contribution >= 4 is 40.0 Å². The zero-order chi connectivity index (χ0) is 16.4. The molecule has 3 aromatic rings. The molecule has 5 nitrogen and oxygen atoms in total. The molecule has 2 N–H and O–H groups in total. The van der Waals surface area contributed by atoms with Crippen molar-refractivity contribution in [1.29, 1.82) is 0 Å². The van der Waals surface area contributed by atoms with Gasteiger partial charge in [0.1, 0.15) is 13.1 Å². The fraction of sp³-hybridized carbons (Fsp3) is 0.222. The van der Waals surface area contributed by atoms with Crippen molar-refractivity contribution in [3.05, 3.63) is 53.6 Å². The summed E-state index contributed by atoms with van der Waals surface area (Å²) in [5.74, 6) is 1.61. The number of halogens is 1. The minimum absolute atomic E-state index is 0.588. The molecule has 1 aliphatic rings. The van der Waals surface area contributed by atoms with E-state index in [1.54, 1.807) is 0 Å². The largest absolute Gasteiger partial charge is 0.370 e. The summed E-state index contributed by atoms with van der Waals surface area (Å²) in [5.41, 5.74) is 1.81. The topological polar surface area (TPSA) is 51.5 Å². The van der Waals surface area contributed by atoms with Crippen LogP contribution in [0.3, 0.4) is 0 Å². The predicted molar refractivity (Wildman–Crippen MR) is 95.4 cm³/mol. The first-order valence-corrected chi connectivity index (χ1v) is 8.39. The van der Waals surface area contributed by atoms with E-state index in [0.29, 0.717) is 11.0 Å². The zero-order valence-electron chi connectivity index (χ0n) is 13.1. The fourth-order valence-corrected chi connectivity index (χ4v) is 3.14. The van der Waals surface area contributed by atoms with E-state index in [1.165, 1.54) is 4.90 Å². The smallest absolute Gasteiger partial charge is 0.238 e. The van der Waals surface area contributed by atoms with Gasteiger partial charge in [-0.2, -0.15) is 4.98 Å². The van der Waals surface area contributed by atoms with Gasteiger partial charge in [0, 0.05) is 10.7 Å². The van der Waals surface area contributed by atoms with Gasteiger partial charge in [-0.05, 0) is 30.3 Å². The van der Waals surface area contributed by atoms with Crippen LogP contribution in [0.15, 0.2) is 48.5 Å². The van der Waals surface area contributed by atoms with Crippen molar-refractivity contribution in [3.63, 3.8) is 0 Å². The lowest BCUT2D eigenvalue weighted by molar-refractivity contribution is -0.843. The van der Waals surface area contributed by atoms with Crippen molar-refractivity contribution in [3.8, 4) is 0 Å². The number of hydrogen-bond donors (Lipinski definition) is 2. The highest BCUT2D eigenvalue weighted by Gasteiger charge is 2.22. The van der Waals surface area contributed by atoms with Crippen LogP contribution in [-0.2, 0) is 4.74 Å². The summed E-state index contributed by atoms with van der Waals surface area (Å²) < 4.78 is 5.48. The number of aromatic nitrogens is 2. The third-order valence-corrected chi connectivity index (χ3v) is 4.35. The molecule has 0 radical (unpaired) electrons. The average molecular weight is 342 g/mol. The molecule has 0 spiro atoms. The molecule has 0 atom stereocenters. The molecule has 1 fully saturated rings. The zero-order valence-corrected chi connectivity index (χ0v) is 13.9. The number of morpholine rings is 1. The van der Waals surface area contributed by atoms with Crippen molar-refractivity contribution in [2.75, 3.05) is 31.6 Å². The highest BCUT2D eigenvalue weighted by atomic mass is 35.5. The molecule has 2 heterocycles. The molecule has 122 valence electrons. The Hall–Kier alpha value is -2.21. The van der Waals surface area contributed by atoms with Gasteiger partial charge in [-0.15, -0.1) is 0 Å². The lowest BCUT2D eigenvalue weighted by atomic mass is 10.2. The Kier molecular flexibility index (Phi) is 4.30. The summed E-state index contributed by atoms with van der Waals surface area (Å²) in [6.45, 7) is 3.34. The van der Waals surface area contributed by atoms with Gasteiger partial charge >= 0.3 is 0 Å². The molecular weight excluding hydrogens is 324 g/mol. The SMILES string of the molecule is Clc1cccc(Nc2nc([NH+]3CCOCC3)c3ccccc3n2)c1. The molecule has 1 aliphatic heterocycles. The first kappa shape index (κ1) is 15.3. The molecule has 0 unspecified atom stereocenters. The highest BCUT2D eigenvalue weighted by molar-refractivity contribution is 6.30. The Bertz CT molecular complexity index is 865. The maximum atomic E-state index is 6.06. The van der Waals surface area contributed by atoms with E-state index >= 15 is 0 Å². The number of hydrogen-bond acceptors (Lipinski definition) is 4. The van der Waals surface area contributed by atoms with Gasteiger partial charge in [-0.3, -0.25) is 4.90 Å². The summed E-state index contributed by atoms with van der Waals surface area (Å²) in [6, 6.07) is 15.7. The Morgan fingerprint density at radius 3 is 2.67 bits per heavy atom. The highest BCUT2D eigenvalue weighted by Crippen LogP contribution is 2.22. The van der Waals surface area contributed by atoms with Gasteiger partial charge < -0.3 is 10.1 Å². The minimum Gasteiger partial charge on any atom is -0.370 e. The molecule has 0 saturated carbocycles. The first-order chi connectivity index (χ1) is 11.8. The number of para-hydroxylation sites is 1.